The van der Waals surface area contributed by atoms with Crippen LogP contribution in [0.4, 0.5) is 13.2 Å². The van der Waals surface area contributed by atoms with Crippen molar-refractivity contribution in [3.63, 3.8) is 0 Å². The van der Waals surface area contributed by atoms with Crippen molar-refractivity contribution in [1.29, 1.82) is 0 Å². The number of hydrogen-bond acceptors (Lipinski definition) is 2. The highest BCUT2D eigenvalue weighted by Crippen LogP contribution is 2.25. The lowest BCUT2D eigenvalue weighted by Crippen LogP contribution is -2.10. The summed E-state index contributed by atoms with van der Waals surface area (Å²) in [5, 5.41) is 0. The lowest BCUT2D eigenvalue weighted by atomic mass is 10.4. The molecule has 0 amide bonds. The molecule has 5 heteroatoms. The molecule has 13 heavy (non-hydrogen) atoms. The van der Waals surface area contributed by atoms with E-state index in [1.54, 1.807) is 6.92 Å². The van der Waals surface area contributed by atoms with Gasteiger partial charge in [-0.2, -0.15) is 13.2 Å². The van der Waals surface area contributed by atoms with Crippen LogP contribution in [0.5, 0.6) is 0 Å². The number of rotatable bonds is 0. The van der Waals surface area contributed by atoms with Gasteiger partial charge < -0.3 is 0 Å². The fourth-order valence-corrected chi connectivity index (χ4v) is 0.539. The van der Waals surface area contributed by atoms with Crippen molar-refractivity contribution in [3.05, 3.63) is 23.8 Å². The molecule has 2 nitrogen and oxygen atoms in total. The average Bonchev–Trinajstić information content (AvgIpc) is 2.07. The summed E-state index contributed by atoms with van der Waals surface area (Å²) >= 11 is 0. The predicted octanol–water partition coefficient (Wildman–Crippen LogP) is 2.83. The van der Waals surface area contributed by atoms with E-state index in [0.29, 0.717) is 5.56 Å². The fraction of sp³-hybridized carbons (Fsp3) is 0.500. The molecule has 1 aromatic rings. The third kappa shape index (κ3) is 3.87. The molecular weight excluding hydrogens is 181 g/mol. The van der Waals surface area contributed by atoms with Gasteiger partial charge in [0.15, 0.2) is 0 Å². The largest absolute Gasteiger partial charge is 0.451 e. The minimum Gasteiger partial charge on any atom is -0.233 e. The van der Waals surface area contributed by atoms with Crippen LogP contribution in [0.2, 0.25) is 0 Å². The van der Waals surface area contributed by atoms with Crippen molar-refractivity contribution in [2.24, 2.45) is 0 Å². The Morgan fingerprint density at radius 3 is 1.77 bits per heavy atom. The highest BCUT2D eigenvalue weighted by atomic mass is 19.4. The van der Waals surface area contributed by atoms with E-state index in [-0.39, 0.29) is 0 Å². The maximum absolute atomic E-state index is 11.8. The molecule has 0 fully saturated rings. The molecule has 1 rings (SSSR count). The van der Waals surface area contributed by atoms with Gasteiger partial charge in [0.05, 0.1) is 0 Å². The van der Waals surface area contributed by atoms with Crippen LogP contribution in [0.1, 0.15) is 25.2 Å². The Kier molecular flexibility index (Phi) is 4.37. The summed E-state index contributed by atoms with van der Waals surface area (Å²) in [6.45, 7) is 5.63. The third-order valence-electron chi connectivity index (χ3n) is 1.03. The molecule has 0 aliphatic carbocycles. The van der Waals surface area contributed by atoms with Gasteiger partial charge in [0, 0.05) is 12.4 Å². The summed E-state index contributed by atoms with van der Waals surface area (Å²) in [5.41, 5.74) is 0.609. The number of hydrogen-bond donors (Lipinski definition) is 0. The Balaban J connectivity index is 0.000000671. The first-order valence-electron chi connectivity index (χ1n) is 3.86. The van der Waals surface area contributed by atoms with Gasteiger partial charge in [0.2, 0.25) is 5.82 Å². The summed E-state index contributed by atoms with van der Waals surface area (Å²) in [4.78, 5) is 6.23. The number of aryl methyl sites for hydroxylation is 1. The molecule has 1 aromatic heterocycles. The van der Waals surface area contributed by atoms with Gasteiger partial charge in [0.1, 0.15) is 0 Å². The Morgan fingerprint density at radius 1 is 1.08 bits per heavy atom. The maximum atomic E-state index is 11.8. The molecular formula is C8H11F3N2. The molecule has 1 heterocycles. The molecule has 0 saturated carbocycles. The normalized spacial score (nSPS) is 10.3. The highest BCUT2D eigenvalue weighted by molar-refractivity contribution is 5.03. The van der Waals surface area contributed by atoms with E-state index in [9.17, 15) is 13.2 Å². The van der Waals surface area contributed by atoms with Crippen LogP contribution < -0.4 is 0 Å². The van der Waals surface area contributed by atoms with Crippen molar-refractivity contribution < 1.29 is 13.2 Å². The fourth-order valence-electron chi connectivity index (χ4n) is 0.539. The van der Waals surface area contributed by atoms with Crippen LogP contribution in [0.25, 0.3) is 0 Å². The highest BCUT2D eigenvalue weighted by Gasteiger charge is 2.33. The lowest BCUT2D eigenvalue weighted by molar-refractivity contribution is -0.145. The zero-order valence-electron chi connectivity index (χ0n) is 7.68. The number of halogens is 3. The first kappa shape index (κ1) is 11.9. The lowest BCUT2D eigenvalue weighted by Gasteiger charge is -2.02. The number of alkyl halides is 3. The predicted molar refractivity (Wildman–Crippen MR) is 43.1 cm³/mol. The molecule has 74 valence electrons. The summed E-state index contributed by atoms with van der Waals surface area (Å²) in [5.74, 6) is -1.09. The van der Waals surface area contributed by atoms with E-state index in [0.717, 1.165) is 12.4 Å². The quantitative estimate of drug-likeness (QED) is 0.631. The zero-order chi connectivity index (χ0) is 10.5. The van der Waals surface area contributed by atoms with Gasteiger partial charge in [-0.15, -0.1) is 0 Å². The van der Waals surface area contributed by atoms with Crippen molar-refractivity contribution in [2.75, 3.05) is 0 Å². The van der Waals surface area contributed by atoms with E-state index in [2.05, 4.69) is 9.97 Å². The van der Waals surface area contributed by atoms with E-state index in [1.807, 2.05) is 13.8 Å². The third-order valence-corrected chi connectivity index (χ3v) is 1.03. The van der Waals surface area contributed by atoms with E-state index >= 15 is 0 Å². The van der Waals surface area contributed by atoms with Crippen LogP contribution in [-0.4, -0.2) is 9.97 Å². The minimum atomic E-state index is -4.44. The van der Waals surface area contributed by atoms with Gasteiger partial charge in [-0.1, -0.05) is 13.8 Å². The average molecular weight is 192 g/mol. The number of aromatic nitrogens is 2. The minimum absolute atomic E-state index is 0.609. The molecule has 0 aliphatic rings. The second-order valence-electron chi connectivity index (χ2n) is 2.08. The summed E-state index contributed by atoms with van der Waals surface area (Å²) in [6, 6.07) is 0. The molecule has 0 bridgehead atoms. The summed E-state index contributed by atoms with van der Waals surface area (Å²) < 4.78 is 35.4. The summed E-state index contributed by atoms with van der Waals surface area (Å²) in [6.07, 6.45) is -2.17. The van der Waals surface area contributed by atoms with Crippen molar-refractivity contribution in [1.82, 2.24) is 9.97 Å². The molecule has 0 aromatic carbocycles. The molecule has 0 unspecified atom stereocenters. The van der Waals surface area contributed by atoms with Gasteiger partial charge in [-0.25, -0.2) is 9.97 Å². The SMILES string of the molecule is CC.Cc1cnc(C(F)(F)F)nc1. The smallest absolute Gasteiger partial charge is 0.233 e. The topological polar surface area (TPSA) is 25.8 Å². The second kappa shape index (κ2) is 4.79. The van der Waals surface area contributed by atoms with Gasteiger partial charge in [-0.3, -0.25) is 0 Å². The Labute approximate surface area is 74.8 Å². The monoisotopic (exact) mass is 192 g/mol. The molecule has 0 spiro atoms. The molecule has 0 radical (unpaired) electrons. The molecule has 0 aliphatic heterocycles. The first-order chi connectivity index (χ1) is 6.00. The zero-order valence-corrected chi connectivity index (χ0v) is 7.68. The Hall–Kier alpha value is -1.13. The van der Waals surface area contributed by atoms with Gasteiger partial charge >= 0.3 is 6.18 Å². The van der Waals surface area contributed by atoms with Gasteiger partial charge in [-0.05, 0) is 12.5 Å². The van der Waals surface area contributed by atoms with Crippen LogP contribution in [0.15, 0.2) is 12.4 Å². The second-order valence-corrected chi connectivity index (χ2v) is 2.08. The van der Waals surface area contributed by atoms with E-state index < -0.39 is 12.0 Å². The number of nitrogens with zero attached hydrogens (tertiary/aromatic N) is 2. The van der Waals surface area contributed by atoms with E-state index in [1.165, 1.54) is 0 Å². The van der Waals surface area contributed by atoms with Crippen LogP contribution in [-0.2, 0) is 6.18 Å². The van der Waals surface area contributed by atoms with Crippen molar-refractivity contribution >= 4 is 0 Å². The van der Waals surface area contributed by atoms with Crippen LogP contribution in [0.3, 0.4) is 0 Å². The maximum Gasteiger partial charge on any atom is 0.451 e. The van der Waals surface area contributed by atoms with Crippen LogP contribution in [0, 0.1) is 6.92 Å². The van der Waals surface area contributed by atoms with Crippen LogP contribution >= 0.6 is 0 Å². The Bertz CT molecular complexity index is 241. The first-order valence-corrected chi connectivity index (χ1v) is 3.86. The molecule has 0 N–H and O–H groups in total. The molecule has 0 atom stereocenters. The van der Waals surface area contributed by atoms with Crippen molar-refractivity contribution in [3.8, 4) is 0 Å². The van der Waals surface area contributed by atoms with Crippen molar-refractivity contribution in [2.45, 2.75) is 26.9 Å². The molecule has 0 saturated heterocycles. The standard InChI is InChI=1S/C6H5F3N2.C2H6/c1-4-2-10-5(11-3-4)6(7,8)9;1-2/h2-3H,1H3;1-2H3. The summed E-state index contributed by atoms with van der Waals surface area (Å²) in [7, 11) is 0. The van der Waals surface area contributed by atoms with E-state index in [4.69, 9.17) is 0 Å². The van der Waals surface area contributed by atoms with Gasteiger partial charge in [0.25, 0.3) is 0 Å². The Morgan fingerprint density at radius 2 is 1.46 bits per heavy atom.